The minimum atomic E-state index is 0.768. The molecule has 2 aromatic rings. The van der Waals surface area contributed by atoms with Crippen molar-refractivity contribution in [2.24, 2.45) is 0 Å². The van der Waals surface area contributed by atoms with Crippen molar-refractivity contribution in [1.29, 1.82) is 0 Å². The molecule has 1 heterocycles. The average Bonchev–Trinajstić information content (AvgIpc) is 2.47. The molecule has 106 valence electrons. The number of hydrogen-bond acceptors (Lipinski definition) is 3. The Balaban J connectivity index is 2.07. The molecular formula is C16H20ClN3. The van der Waals surface area contributed by atoms with Crippen molar-refractivity contribution in [2.45, 2.75) is 20.0 Å². The maximum absolute atomic E-state index is 6.33. The third-order valence-corrected chi connectivity index (χ3v) is 3.52. The van der Waals surface area contributed by atoms with Gasteiger partial charge in [0.1, 0.15) is 0 Å². The fourth-order valence-corrected chi connectivity index (χ4v) is 2.24. The van der Waals surface area contributed by atoms with E-state index < -0.39 is 0 Å². The maximum Gasteiger partial charge on any atom is 0.0598 e. The van der Waals surface area contributed by atoms with Gasteiger partial charge in [-0.1, -0.05) is 30.7 Å². The van der Waals surface area contributed by atoms with Crippen LogP contribution in [0.2, 0.25) is 5.02 Å². The van der Waals surface area contributed by atoms with Crippen LogP contribution in [0.4, 0.5) is 5.69 Å². The van der Waals surface area contributed by atoms with Gasteiger partial charge in [-0.15, -0.1) is 0 Å². The normalized spacial score (nSPS) is 10.6. The van der Waals surface area contributed by atoms with E-state index in [1.165, 1.54) is 0 Å². The van der Waals surface area contributed by atoms with Crippen LogP contribution in [-0.2, 0) is 13.1 Å². The van der Waals surface area contributed by atoms with Crippen molar-refractivity contribution in [1.82, 2.24) is 10.3 Å². The summed E-state index contributed by atoms with van der Waals surface area (Å²) in [5, 5.41) is 4.09. The second kappa shape index (κ2) is 7.27. The monoisotopic (exact) mass is 289 g/mol. The number of nitrogens with one attached hydrogen (secondary N) is 1. The van der Waals surface area contributed by atoms with E-state index in [0.29, 0.717) is 0 Å². The van der Waals surface area contributed by atoms with Crippen LogP contribution >= 0.6 is 11.6 Å². The van der Waals surface area contributed by atoms with Crippen molar-refractivity contribution in [2.75, 3.05) is 18.5 Å². The number of rotatable bonds is 6. The predicted octanol–water partition coefficient (Wildman–Crippen LogP) is 3.48. The molecule has 3 nitrogen and oxygen atoms in total. The first-order valence-corrected chi connectivity index (χ1v) is 7.18. The zero-order valence-corrected chi connectivity index (χ0v) is 12.7. The second-order valence-corrected chi connectivity index (χ2v) is 5.14. The van der Waals surface area contributed by atoms with Crippen LogP contribution in [0.5, 0.6) is 0 Å². The smallest absolute Gasteiger partial charge is 0.0598 e. The molecule has 0 bridgehead atoms. The fourth-order valence-electron chi connectivity index (χ4n) is 2.00. The van der Waals surface area contributed by atoms with E-state index in [-0.39, 0.29) is 0 Å². The molecule has 0 saturated carbocycles. The highest BCUT2D eigenvalue weighted by atomic mass is 35.5. The van der Waals surface area contributed by atoms with Gasteiger partial charge in [-0.2, -0.15) is 0 Å². The maximum atomic E-state index is 6.33. The highest BCUT2D eigenvalue weighted by Crippen LogP contribution is 2.23. The third-order valence-electron chi connectivity index (χ3n) is 3.17. The van der Waals surface area contributed by atoms with Crippen LogP contribution in [-0.4, -0.2) is 18.6 Å². The zero-order chi connectivity index (χ0) is 14.4. The standard InChI is InChI=1S/C16H20ClN3/c1-3-18-11-13-7-8-15(10-16(13)17)20(2)12-14-6-4-5-9-19-14/h4-10,18H,3,11-12H2,1-2H3. The highest BCUT2D eigenvalue weighted by molar-refractivity contribution is 6.31. The van der Waals surface area contributed by atoms with Gasteiger partial charge < -0.3 is 10.2 Å². The van der Waals surface area contributed by atoms with Gasteiger partial charge in [-0.05, 0) is 36.4 Å². The lowest BCUT2D eigenvalue weighted by atomic mass is 10.2. The fraction of sp³-hybridized carbons (Fsp3) is 0.312. The molecule has 0 aliphatic carbocycles. The number of pyridine rings is 1. The van der Waals surface area contributed by atoms with Crippen molar-refractivity contribution >= 4 is 17.3 Å². The summed E-state index contributed by atoms with van der Waals surface area (Å²) in [6.45, 7) is 4.60. The Morgan fingerprint density at radius 1 is 1.25 bits per heavy atom. The van der Waals surface area contributed by atoms with E-state index in [0.717, 1.165) is 41.6 Å². The Morgan fingerprint density at radius 3 is 2.75 bits per heavy atom. The molecule has 0 saturated heterocycles. The van der Waals surface area contributed by atoms with E-state index in [2.05, 4.69) is 34.3 Å². The molecule has 0 atom stereocenters. The summed E-state index contributed by atoms with van der Waals surface area (Å²) in [5.74, 6) is 0. The topological polar surface area (TPSA) is 28.2 Å². The van der Waals surface area contributed by atoms with Crippen LogP contribution in [0.25, 0.3) is 0 Å². The predicted molar refractivity (Wildman–Crippen MR) is 85.2 cm³/mol. The molecule has 4 heteroatoms. The van der Waals surface area contributed by atoms with Gasteiger partial charge in [-0.25, -0.2) is 0 Å². The van der Waals surface area contributed by atoms with Crippen LogP contribution < -0.4 is 10.2 Å². The SMILES string of the molecule is CCNCc1ccc(N(C)Cc2ccccn2)cc1Cl. The second-order valence-electron chi connectivity index (χ2n) is 4.73. The van der Waals surface area contributed by atoms with E-state index >= 15 is 0 Å². The molecule has 0 radical (unpaired) electrons. The molecule has 0 fully saturated rings. The molecule has 0 aliphatic rings. The minimum Gasteiger partial charge on any atom is -0.369 e. The first-order chi connectivity index (χ1) is 9.70. The highest BCUT2D eigenvalue weighted by Gasteiger charge is 2.06. The number of nitrogens with zero attached hydrogens (tertiary/aromatic N) is 2. The number of aromatic nitrogens is 1. The summed E-state index contributed by atoms with van der Waals surface area (Å²) in [4.78, 5) is 6.48. The van der Waals surface area contributed by atoms with E-state index in [1.54, 1.807) is 0 Å². The van der Waals surface area contributed by atoms with Crippen LogP contribution in [0.15, 0.2) is 42.6 Å². The van der Waals surface area contributed by atoms with Crippen LogP contribution in [0.1, 0.15) is 18.2 Å². The molecule has 0 amide bonds. The lowest BCUT2D eigenvalue weighted by molar-refractivity contribution is 0.727. The van der Waals surface area contributed by atoms with Gasteiger partial charge in [0.2, 0.25) is 0 Å². The van der Waals surface area contributed by atoms with Gasteiger partial charge in [-0.3, -0.25) is 4.98 Å². The van der Waals surface area contributed by atoms with Crippen molar-refractivity contribution < 1.29 is 0 Å². The van der Waals surface area contributed by atoms with Gasteiger partial charge in [0, 0.05) is 30.5 Å². The van der Waals surface area contributed by atoms with E-state index in [1.807, 2.05) is 37.5 Å². The van der Waals surface area contributed by atoms with Crippen LogP contribution in [0.3, 0.4) is 0 Å². The van der Waals surface area contributed by atoms with Crippen LogP contribution in [0, 0.1) is 0 Å². The summed E-state index contributed by atoms with van der Waals surface area (Å²) in [6.07, 6.45) is 1.82. The molecule has 1 aromatic heterocycles. The first-order valence-electron chi connectivity index (χ1n) is 6.81. The molecule has 1 aromatic carbocycles. The molecule has 1 N–H and O–H groups in total. The first kappa shape index (κ1) is 14.8. The van der Waals surface area contributed by atoms with Gasteiger partial charge in [0.25, 0.3) is 0 Å². The number of hydrogen-bond donors (Lipinski definition) is 1. The number of benzene rings is 1. The molecule has 0 spiro atoms. The van der Waals surface area contributed by atoms with Gasteiger partial charge in [0.15, 0.2) is 0 Å². The van der Waals surface area contributed by atoms with Gasteiger partial charge >= 0.3 is 0 Å². The van der Waals surface area contributed by atoms with E-state index in [9.17, 15) is 0 Å². The molecular weight excluding hydrogens is 270 g/mol. The molecule has 0 unspecified atom stereocenters. The summed E-state index contributed by atoms with van der Waals surface area (Å²) in [7, 11) is 2.05. The lowest BCUT2D eigenvalue weighted by Gasteiger charge is -2.20. The molecule has 20 heavy (non-hydrogen) atoms. The van der Waals surface area contributed by atoms with Crippen molar-refractivity contribution in [3.05, 3.63) is 58.9 Å². The summed E-state index contributed by atoms with van der Waals surface area (Å²) in [6, 6.07) is 12.1. The Kier molecular flexibility index (Phi) is 5.39. The van der Waals surface area contributed by atoms with Gasteiger partial charge in [0.05, 0.1) is 12.2 Å². The van der Waals surface area contributed by atoms with Crippen molar-refractivity contribution in [3.63, 3.8) is 0 Å². The number of halogens is 1. The third kappa shape index (κ3) is 3.95. The lowest BCUT2D eigenvalue weighted by Crippen LogP contribution is -2.17. The Hall–Kier alpha value is -1.58. The Morgan fingerprint density at radius 2 is 2.10 bits per heavy atom. The summed E-state index contributed by atoms with van der Waals surface area (Å²) in [5.41, 5.74) is 3.27. The average molecular weight is 290 g/mol. The molecule has 2 rings (SSSR count). The largest absolute Gasteiger partial charge is 0.369 e. The summed E-state index contributed by atoms with van der Waals surface area (Å²) >= 11 is 6.33. The Bertz CT molecular complexity index is 543. The van der Waals surface area contributed by atoms with E-state index in [4.69, 9.17) is 11.6 Å². The zero-order valence-electron chi connectivity index (χ0n) is 11.9. The number of anilines is 1. The van der Waals surface area contributed by atoms with Crippen molar-refractivity contribution in [3.8, 4) is 0 Å². The molecule has 0 aliphatic heterocycles. The quantitative estimate of drug-likeness (QED) is 0.882. The minimum absolute atomic E-state index is 0.768. The Labute approximate surface area is 125 Å². The summed E-state index contributed by atoms with van der Waals surface area (Å²) < 4.78 is 0.